The Morgan fingerprint density at radius 2 is 0.500 bits per heavy atom. The zero-order chi connectivity index (χ0) is 29.2. The Balaban J connectivity index is 2.39. The minimum absolute atomic E-state index is 0.0958. The molecule has 0 nitrogen and oxygen atoms in total. The van der Waals surface area contributed by atoms with Crippen LogP contribution in [0.15, 0.2) is 36.4 Å². The van der Waals surface area contributed by atoms with Gasteiger partial charge in [-0.3, -0.25) is 0 Å². The third kappa shape index (κ3) is 5.95. The van der Waals surface area contributed by atoms with Crippen molar-refractivity contribution in [2.75, 3.05) is 0 Å². The second-order valence-electron chi connectivity index (χ2n) is 15.8. The van der Waals surface area contributed by atoms with Crippen LogP contribution in [0.2, 0.25) is 0 Å². The van der Waals surface area contributed by atoms with Gasteiger partial charge in [0, 0.05) is 0 Å². The topological polar surface area (TPSA) is 0 Å². The van der Waals surface area contributed by atoms with Crippen molar-refractivity contribution in [1.29, 1.82) is 0 Å². The molecule has 0 unspecified atom stereocenters. The van der Waals surface area contributed by atoms with E-state index in [4.69, 9.17) is 0 Å². The molecule has 0 saturated carbocycles. The number of rotatable bonds is 2. The van der Waals surface area contributed by atoms with E-state index in [0.717, 1.165) is 0 Å². The Hall–Kier alpha value is -2.34. The number of hydrogen-bond acceptors (Lipinski definition) is 0. The van der Waals surface area contributed by atoms with Crippen LogP contribution < -0.4 is 0 Å². The first kappa shape index (κ1) is 30.2. The fourth-order valence-electron chi connectivity index (χ4n) is 5.45. The van der Waals surface area contributed by atoms with Gasteiger partial charge in [-0.1, -0.05) is 119 Å². The third-order valence-corrected chi connectivity index (χ3v) is 8.53. The molecule has 3 rings (SSSR count). The number of benzene rings is 3. The first-order valence-electron chi connectivity index (χ1n) is 14.5. The predicted molar refractivity (Wildman–Crippen MR) is 171 cm³/mol. The highest BCUT2D eigenvalue weighted by Crippen LogP contribution is 2.43. The van der Waals surface area contributed by atoms with E-state index in [1.165, 1.54) is 66.8 Å². The lowest BCUT2D eigenvalue weighted by molar-refractivity contribution is 0.568. The molecule has 38 heavy (non-hydrogen) atoms. The lowest BCUT2D eigenvalue weighted by atomic mass is 9.75. The Kier molecular flexibility index (Phi) is 7.70. The lowest BCUT2D eigenvalue weighted by Crippen LogP contribution is -2.17. The molecule has 3 aromatic rings. The fourth-order valence-corrected chi connectivity index (χ4v) is 5.45. The Morgan fingerprint density at radius 1 is 0.316 bits per heavy atom. The summed E-state index contributed by atoms with van der Waals surface area (Å²) in [6.45, 7) is 37.2. The molecule has 0 aromatic heterocycles. The van der Waals surface area contributed by atoms with Gasteiger partial charge in [-0.05, 0) is 116 Å². The molecule has 0 bridgehead atoms. The van der Waals surface area contributed by atoms with Gasteiger partial charge in [-0.15, -0.1) is 0 Å². The Labute approximate surface area is 235 Å². The van der Waals surface area contributed by atoms with Crippen LogP contribution in [0.1, 0.15) is 128 Å². The van der Waals surface area contributed by atoms with E-state index in [0.29, 0.717) is 0 Å². The van der Waals surface area contributed by atoms with Gasteiger partial charge in [0.15, 0.2) is 0 Å². The lowest BCUT2D eigenvalue weighted by Gasteiger charge is -2.29. The molecule has 0 radical (unpaired) electrons. The van der Waals surface area contributed by atoms with Crippen LogP contribution in [0.5, 0.6) is 0 Å². The molecule has 0 atom stereocenters. The van der Waals surface area contributed by atoms with Gasteiger partial charge in [0.05, 0.1) is 0 Å². The molecule has 3 aromatic carbocycles. The molecule has 0 spiro atoms. The first-order valence-corrected chi connectivity index (χ1v) is 14.5. The molecule has 0 amide bonds. The van der Waals surface area contributed by atoms with Crippen molar-refractivity contribution in [1.82, 2.24) is 0 Å². The molecule has 0 heteroatoms. The molecule has 206 valence electrons. The smallest absolute Gasteiger partial charge is 0.0120 e. The highest BCUT2D eigenvalue weighted by molar-refractivity contribution is 5.84. The number of hydrogen-bond donors (Lipinski definition) is 0. The molecular formula is C38H54. The largest absolute Gasteiger partial charge is 0.0561 e. The second-order valence-corrected chi connectivity index (χ2v) is 15.8. The van der Waals surface area contributed by atoms with E-state index in [9.17, 15) is 0 Å². The second kappa shape index (κ2) is 9.69. The van der Waals surface area contributed by atoms with Crippen molar-refractivity contribution in [3.05, 3.63) is 80.9 Å². The van der Waals surface area contributed by atoms with E-state index < -0.39 is 0 Å². The minimum atomic E-state index is 0.0958. The maximum Gasteiger partial charge on any atom is -0.0120 e. The monoisotopic (exact) mass is 510 g/mol. The van der Waals surface area contributed by atoms with Crippen molar-refractivity contribution in [2.45, 2.75) is 132 Å². The first-order chi connectivity index (χ1) is 17.0. The average molecular weight is 511 g/mol. The highest BCUT2D eigenvalue weighted by Gasteiger charge is 2.26. The van der Waals surface area contributed by atoms with Gasteiger partial charge in [-0.2, -0.15) is 0 Å². The van der Waals surface area contributed by atoms with E-state index >= 15 is 0 Å². The quantitative estimate of drug-likeness (QED) is 0.321. The van der Waals surface area contributed by atoms with Crippen LogP contribution in [0, 0.1) is 27.7 Å². The highest BCUT2D eigenvalue weighted by atomic mass is 14.3. The summed E-state index contributed by atoms with van der Waals surface area (Å²) in [5, 5.41) is 0. The van der Waals surface area contributed by atoms with Crippen molar-refractivity contribution < 1.29 is 0 Å². The van der Waals surface area contributed by atoms with Crippen LogP contribution in [-0.2, 0) is 21.7 Å². The van der Waals surface area contributed by atoms with Crippen LogP contribution in [-0.4, -0.2) is 0 Å². The molecule has 0 aliphatic heterocycles. The molecule has 0 aliphatic carbocycles. The summed E-state index contributed by atoms with van der Waals surface area (Å²) in [6, 6.07) is 14.6. The van der Waals surface area contributed by atoms with Gasteiger partial charge < -0.3 is 0 Å². The molecule has 0 saturated heterocycles. The van der Waals surface area contributed by atoms with Gasteiger partial charge in [-0.25, -0.2) is 0 Å². The van der Waals surface area contributed by atoms with Crippen LogP contribution in [0.3, 0.4) is 0 Å². The molecule has 0 aliphatic rings. The van der Waals surface area contributed by atoms with Crippen molar-refractivity contribution >= 4 is 0 Å². The summed E-state index contributed by atoms with van der Waals surface area (Å²) in [5.41, 5.74) is 17.1. The van der Waals surface area contributed by atoms with Crippen LogP contribution >= 0.6 is 0 Å². The Bertz CT molecular complexity index is 1150. The van der Waals surface area contributed by atoms with Crippen molar-refractivity contribution in [3.63, 3.8) is 0 Å². The molecule has 0 fully saturated rings. The van der Waals surface area contributed by atoms with Crippen molar-refractivity contribution in [3.8, 4) is 22.3 Å². The van der Waals surface area contributed by atoms with E-state index in [1.54, 1.807) is 0 Å². The summed E-state index contributed by atoms with van der Waals surface area (Å²) in [5.74, 6) is 0. The maximum absolute atomic E-state index is 2.45. The van der Waals surface area contributed by atoms with Gasteiger partial charge in [0.1, 0.15) is 0 Å². The fraction of sp³-hybridized carbons (Fsp3) is 0.526. The predicted octanol–water partition coefficient (Wildman–Crippen LogP) is 11.4. The van der Waals surface area contributed by atoms with Crippen molar-refractivity contribution in [2.24, 2.45) is 0 Å². The zero-order valence-electron chi connectivity index (χ0n) is 27.5. The molecule has 0 N–H and O–H groups in total. The summed E-state index contributed by atoms with van der Waals surface area (Å²) < 4.78 is 0. The summed E-state index contributed by atoms with van der Waals surface area (Å²) in [7, 11) is 0. The normalized spacial score (nSPS) is 13.3. The van der Waals surface area contributed by atoms with Gasteiger partial charge in [0.25, 0.3) is 0 Å². The third-order valence-electron chi connectivity index (χ3n) is 8.53. The standard InChI is InChI=1S/C38H54/c1-23-24(2)34(28-19-31(37(11,12)13)22-32(20-28)38(14,15)16)26(4)25(3)33(23)27-17-29(35(5,6)7)21-30(18-27)36(8,9)10/h17-22H,1-16H3. The van der Waals surface area contributed by atoms with E-state index in [2.05, 4.69) is 147 Å². The summed E-state index contributed by atoms with van der Waals surface area (Å²) >= 11 is 0. The summed E-state index contributed by atoms with van der Waals surface area (Å²) in [6.07, 6.45) is 0. The SMILES string of the molecule is Cc1c(C)c(-c2cc(C(C)(C)C)cc(C(C)(C)C)c2)c(C)c(C)c1-c1cc(C(C)(C)C)cc(C(C)(C)C)c1. The average Bonchev–Trinajstić information content (AvgIpc) is 2.75. The van der Waals surface area contributed by atoms with E-state index in [1.807, 2.05) is 0 Å². The van der Waals surface area contributed by atoms with Gasteiger partial charge >= 0.3 is 0 Å². The van der Waals surface area contributed by atoms with Crippen LogP contribution in [0.4, 0.5) is 0 Å². The minimum Gasteiger partial charge on any atom is -0.0561 e. The zero-order valence-corrected chi connectivity index (χ0v) is 27.5. The Morgan fingerprint density at radius 3 is 0.658 bits per heavy atom. The molecule has 0 heterocycles. The van der Waals surface area contributed by atoms with Crippen LogP contribution in [0.25, 0.3) is 22.3 Å². The van der Waals surface area contributed by atoms with E-state index in [-0.39, 0.29) is 21.7 Å². The maximum atomic E-state index is 2.45. The molecular weight excluding hydrogens is 456 g/mol. The van der Waals surface area contributed by atoms with Gasteiger partial charge in [0.2, 0.25) is 0 Å². The summed E-state index contributed by atoms with van der Waals surface area (Å²) in [4.78, 5) is 0.